The summed E-state index contributed by atoms with van der Waals surface area (Å²) in [5.41, 5.74) is 2.57. The Labute approximate surface area is 121 Å². The van der Waals surface area contributed by atoms with E-state index in [9.17, 15) is 5.11 Å². The summed E-state index contributed by atoms with van der Waals surface area (Å²) in [4.78, 5) is 5.14. The second-order valence-electron chi connectivity index (χ2n) is 5.04. The van der Waals surface area contributed by atoms with Gasteiger partial charge in [0.25, 0.3) is 0 Å². The van der Waals surface area contributed by atoms with E-state index >= 15 is 0 Å². The van der Waals surface area contributed by atoms with Crippen LogP contribution in [0, 0.1) is 0 Å². The molecule has 0 aliphatic carbocycles. The molecule has 5 heteroatoms. The number of nitrogens with zero attached hydrogens (tertiary/aromatic N) is 3. The van der Waals surface area contributed by atoms with Crippen LogP contribution in [0.3, 0.4) is 0 Å². The highest BCUT2D eigenvalue weighted by Gasteiger charge is 2.20. The summed E-state index contributed by atoms with van der Waals surface area (Å²) in [7, 11) is 0. The summed E-state index contributed by atoms with van der Waals surface area (Å²) in [6.45, 7) is 4.10. The molecule has 1 atom stereocenters. The van der Waals surface area contributed by atoms with Crippen LogP contribution in [0.2, 0.25) is 0 Å². The van der Waals surface area contributed by atoms with Gasteiger partial charge in [0.1, 0.15) is 6.10 Å². The van der Waals surface area contributed by atoms with Crippen LogP contribution in [0.15, 0.2) is 36.5 Å². The second kappa shape index (κ2) is 5.26. The van der Waals surface area contributed by atoms with Crippen LogP contribution >= 0.6 is 11.5 Å². The van der Waals surface area contributed by atoms with E-state index in [0.717, 1.165) is 27.0 Å². The number of aromatic nitrogens is 3. The molecule has 4 nitrogen and oxygen atoms in total. The lowest BCUT2D eigenvalue weighted by atomic mass is 10.0. The first kappa shape index (κ1) is 13.1. The van der Waals surface area contributed by atoms with Crippen LogP contribution in [-0.2, 0) is 0 Å². The zero-order chi connectivity index (χ0) is 14.1. The molecule has 0 amide bonds. The van der Waals surface area contributed by atoms with E-state index in [1.54, 1.807) is 6.20 Å². The second-order valence-corrected chi connectivity index (χ2v) is 5.82. The average Bonchev–Trinajstić information content (AvgIpc) is 2.95. The highest BCUT2D eigenvalue weighted by atomic mass is 32.1. The number of rotatable bonds is 3. The van der Waals surface area contributed by atoms with Gasteiger partial charge in [-0.1, -0.05) is 36.5 Å². The molecule has 0 spiro atoms. The van der Waals surface area contributed by atoms with Gasteiger partial charge >= 0.3 is 0 Å². The van der Waals surface area contributed by atoms with E-state index in [1.807, 2.05) is 30.3 Å². The molecule has 102 valence electrons. The zero-order valence-corrected chi connectivity index (χ0v) is 12.1. The van der Waals surface area contributed by atoms with Crippen molar-refractivity contribution in [2.75, 3.05) is 0 Å². The number of aliphatic hydroxyl groups excluding tert-OH is 1. The molecule has 0 fully saturated rings. The molecule has 0 radical (unpaired) electrons. The van der Waals surface area contributed by atoms with Crippen molar-refractivity contribution in [1.82, 2.24) is 14.6 Å². The van der Waals surface area contributed by atoms with Gasteiger partial charge in [-0.25, -0.2) is 0 Å². The molecule has 20 heavy (non-hydrogen) atoms. The number of hydrogen-bond donors (Lipinski definition) is 1. The molecular formula is C15H15N3OS. The van der Waals surface area contributed by atoms with Crippen LogP contribution in [0.25, 0.3) is 10.9 Å². The van der Waals surface area contributed by atoms with Crippen molar-refractivity contribution < 1.29 is 5.11 Å². The van der Waals surface area contributed by atoms with Gasteiger partial charge in [0.05, 0.1) is 16.1 Å². The Bertz CT molecular complexity index is 739. The third-order valence-electron chi connectivity index (χ3n) is 3.28. The summed E-state index contributed by atoms with van der Waals surface area (Å²) < 4.78 is 3.97. The molecule has 2 aromatic heterocycles. The van der Waals surface area contributed by atoms with Crippen LogP contribution in [0.1, 0.15) is 42.0 Å². The van der Waals surface area contributed by atoms with Crippen molar-refractivity contribution in [3.63, 3.8) is 0 Å². The quantitative estimate of drug-likeness (QED) is 0.802. The number of fused-ring (bicyclic) bond motifs is 1. The molecule has 0 aliphatic heterocycles. The lowest BCUT2D eigenvalue weighted by Crippen LogP contribution is -2.02. The molecule has 1 N–H and O–H groups in total. The van der Waals surface area contributed by atoms with Gasteiger partial charge in [0, 0.05) is 11.6 Å². The van der Waals surface area contributed by atoms with E-state index in [-0.39, 0.29) is 5.92 Å². The summed E-state index contributed by atoms with van der Waals surface area (Å²) >= 11 is 1.25. The van der Waals surface area contributed by atoms with Crippen LogP contribution < -0.4 is 0 Å². The maximum absolute atomic E-state index is 10.6. The average molecular weight is 285 g/mol. The molecule has 1 unspecified atom stereocenters. The van der Waals surface area contributed by atoms with Crippen molar-refractivity contribution >= 4 is 22.4 Å². The monoisotopic (exact) mass is 285 g/mol. The predicted octanol–water partition coefficient (Wildman–Crippen LogP) is 3.29. The highest BCUT2D eigenvalue weighted by Crippen LogP contribution is 2.31. The number of aliphatic hydroxyl groups is 1. The van der Waals surface area contributed by atoms with E-state index in [1.165, 1.54) is 11.5 Å². The van der Waals surface area contributed by atoms with E-state index < -0.39 is 6.10 Å². The summed E-state index contributed by atoms with van der Waals surface area (Å²) in [6.07, 6.45) is 1.06. The fourth-order valence-electron chi connectivity index (χ4n) is 2.20. The minimum absolute atomic E-state index is 0.247. The van der Waals surface area contributed by atoms with Gasteiger partial charge < -0.3 is 5.11 Å². The Balaban J connectivity index is 2.03. The summed E-state index contributed by atoms with van der Waals surface area (Å²) in [6, 6.07) is 9.74. The zero-order valence-electron chi connectivity index (χ0n) is 11.3. The third kappa shape index (κ3) is 2.30. The van der Waals surface area contributed by atoms with Crippen molar-refractivity contribution in [2.45, 2.75) is 25.9 Å². The standard InChI is InChI=1S/C15H15N3OS/c1-9(2)13-15(20-18-17-13)14(19)11-6-5-10-4-3-7-16-12(10)8-11/h3-9,14,19H,1-2H3. The molecule has 0 aliphatic rings. The lowest BCUT2D eigenvalue weighted by molar-refractivity contribution is 0.222. The fraction of sp³-hybridized carbons (Fsp3) is 0.267. The topological polar surface area (TPSA) is 58.9 Å². The molecule has 3 aromatic rings. The maximum Gasteiger partial charge on any atom is 0.117 e. The van der Waals surface area contributed by atoms with Gasteiger partial charge in [-0.2, -0.15) is 0 Å². The Kier molecular flexibility index (Phi) is 3.46. The van der Waals surface area contributed by atoms with Crippen molar-refractivity contribution in [1.29, 1.82) is 0 Å². The SMILES string of the molecule is CC(C)c1nnsc1C(O)c1ccc2cccnc2c1. The predicted molar refractivity (Wildman–Crippen MR) is 79.8 cm³/mol. The normalized spacial score (nSPS) is 13.0. The van der Waals surface area contributed by atoms with E-state index in [4.69, 9.17) is 0 Å². The Morgan fingerprint density at radius 3 is 2.85 bits per heavy atom. The smallest absolute Gasteiger partial charge is 0.117 e. The molecule has 0 bridgehead atoms. The first-order chi connectivity index (χ1) is 9.66. The number of pyridine rings is 1. The largest absolute Gasteiger partial charge is 0.383 e. The third-order valence-corrected chi connectivity index (χ3v) is 4.07. The van der Waals surface area contributed by atoms with Crippen molar-refractivity contribution in [3.05, 3.63) is 52.7 Å². The Hall–Kier alpha value is -1.85. The van der Waals surface area contributed by atoms with Gasteiger partial charge in [-0.05, 0) is 35.1 Å². The van der Waals surface area contributed by atoms with E-state index in [0.29, 0.717) is 0 Å². The Morgan fingerprint density at radius 1 is 1.20 bits per heavy atom. The molecule has 2 heterocycles. The van der Waals surface area contributed by atoms with Gasteiger partial charge in [-0.3, -0.25) is 4.98 Å². The highest BCUT2D eigenvalue weighted by molar-refractivity contribution is 7.05. The molecule has 0 saturated heterocycles. The van der Waals surface area contributed by atoms with Crippen LogP contribution in [-0.4, -0.2) is 19.7 Å². The fourth-order valence-corrected chi connectivity index (χ4v) is 3.02. The van der Waals surface area contributed by atoms with E-state index in [2.05, 4.69) is 28.4 Å². The molecule has 0 saturated carbocycles. The minimum atomic E-state index is -0.696. The molecular weight excluding hydrogens is 270 g/mol. The van der Waals surface area contributed by atoms with Crippen molar-refractivity contribution in [2.24, 2.45) is 0 Å². The first-order valence-corrected chi connectivity index (χ1v) is 7.29. The molecule has 1 aromatic carbocycles. The number of benzene rings is 1. The van der Waals surface area contributed by atoms with Gasteiger partial charge in [0.15, 0.2) is 0 Å². The lowest BCUT2D eigenvalue weighted by Gasteiger charge is -2.12. The Morgan fingerprint density at radius 2 is 2.05 bits per heavy atom. The molecule has 3 rings (SSSR count). The number of hydrogen-bond acceptors (Lipinski definition) is 5. The summed E-state index contributed by atoms with van der Waals surface area (Å²) in [5, 5.41) is 15.8. The van der Waals surface area contributed by atoms with Gasteiger partial charge in [0.2, 0.25) is 0 Å². The van der Waals surface area contributed by atoms with Gasteiger partial charge in [-0.15, -0.1) is 5.10 Å². The van der Waals surface area contributed by atoms with Crippen LogP contribution in [0.4, 0.5) is 0 Å². The minimum Gasteiger partial charge on any atom is -0.383 e. The first-order valence-electron chi connectivity index (χ1n) is 6.51. The maximum atomic E-state index is 10.6. The van der Waals surface area contributed by atoms with Crippen molar-refractivity contribution in [3.8, 4) is 0 Å². The summed E-state index contributed by atoms with van der Waals surface area (Å²) in [5.74, 6) is 0.247. The van der Waals surface area contributed by atoms with Crippen LogP contribution in [0.5, 0.6) is 0 Å².